The zero-order valence-electron chi connectivity index (χ0n) is 14.5. The predicted molar refractivity (Wildman–Crippen MR) is 97.0 cm³/mol. The summed E-state index contributed by atoms with van der Waals surface area (Å²) in [5, 5.41) is 3.72. The van der Waals surface area contributed by atoms with Crippen LogP contribution in [0.15, 0.2) is 48.5 Å². The van der Waals surface area contributed by atoms with E-state index in [1.807, 2.05) is 24.3 Å². The zero-order valence-corrected chi connectivity index (χ0v) is 14.5. The first kappa shape index (κ1) is 16.6. The molecule has 4 heteroatoms. The van der Waals surface area contributed by atoms with Gasteiger partial charge in [0, 0.05) is 30.3 Å². The molecule has 1 N–H and O–H groups in total. The summed E-state index contributed by atoms with van der Waals surface area (Å²) >= 11 is 0. The first-order valence-electron chi connectivity index (χ1n) is 9.19. The molecule has 132 valence electrons. The molecule has 0 aromatic heterocycles. The molecule has 0 aliphatic carbocycles. The van der Waals surface area contributed by atoms with Gasteiger partial charge in [0.1, 0.15) is 18.2 Å². The lowest BCUT2D eigenvalue weighted by Gasteiger charge is -2.45. The van der Waals surface area contributed by atoms with Gasteiger partial charge in [-0.3, -0.25) is 0 Å². The summed E-state index contributed by atoms with van der Waals surface area (Å²) in [6.07, 6.45) is 2.62. The van der Waals surface area contributed by atoms with Crippen LogP contribution < -0.4 is 10.1 Å². The number of fused-ring (bicyclic) bond motifs is 3. The molecule has 3 aliphatic rings. The topological polar surface area (TPSA) is 24.5 Å². The molecular weight excluding hydrogens is 315 g/mol. The molecule has 1 unspecified atom stereocenters. The summed E-state index contributed by atoms with van der Waals surface area (Å²) in [4.78, 5) is 2.55. The van der Waals surface area contributed by atoms with Crippen molar-refractivity contribution in [3.8, 4) is 5.75 Å². The van der Waals surface area contributed by atoms with Gasteiger partial charge < -0.3 is 15.0 Å². The van der Waals surface area contributed by atoms with E-state index in [1.165, 1.54) is 32.0 Å². The van der Waals surface area contributed by atoms with Crippen LogP contribution in [0.3, 0.4) is 0 Å². The maximum absolute atomic E-state index is 13.8. The Hall–Kier alpha value is -1.91. The smallest absolute Gasteiger partial charge is 0.129 e. The van der Waals surface area contributed by atoms with Crippen LogP contribution in [-0.4, -0.2) is 30.6 Å². The van der Waals surface area contributed by atoms with E-state index in [4.69, 9.17) is 4.74 Å². The standard InChI is InChI=1S/C21H25FN2O/c22-19-7-3-1-6-18(19)15-25-21-8-4-2-5-17(21)13-23-20-14-24-11-9-16(20)10-12-24/h1-8,16,20,23H,9-15H2. The highest BCUT2D eigenvalue weighted by molar-refractivity contribution is 5.33. The van der Waals surface area contributed by atoms with Gasteiger partial charge in [0.2, 0.25) is 0 Å². The van der Waals surface area contributed by atoms with E-state index in [0.29, 0.717) is 11.6 Å². The highest BCUT2D eigenvalue weighted by atomic mass is 19.1. The number of halogens is 1. The molecule has 3 fully saturated rings. The van der Waals surface area contributed by atoms with Crippen molar-refractivity contribution in [3.05, 3.63) is 65.5 Å². The van der Waals surface area contributed by atoms with Gasteiger partial charge in [-0.15, -0.1) is 0 Å². The fraction of sp³-hybridized carbons (Fsp3) is 0.429. The molecular formula is C21H25FN2O. The van der Waals surface area contributed by atoms with Gasteiger partial charge >= 0.3 is 0 Å². The van der Waals surface area contributed by atoms with Crippen molar-refractivity contribution in [1.82, 2.24) is 10.2 Å². The molecule has 0 amide bonds. The van der Waals surface area contributed by atoms with Crippen LogP contribution in [0.5, 0.6) is 5.75 Å². The molecule has 0 spiro atoms. The van der Waals surface area contributed by atoms with Gasteiger partial charge in [0.05, 0.1) is 0 Å². The Kier molecular flexibility index (Phi) is 4.99. The summed E-state index contributed by atoms with van der Waals surface area (Å²) in [5.74, 6) is 1.42. The Morgan fingerprint density at radius 1 is 1.00 bits per heavy atom. The molecule has 0 saturated carbocycles. The van der Waals surface area contributed by atoms with E-state index in [-0.39, 0.29) is 12.4 Å². The van der Waals surface area contributed by atoms with Crippen LogP contribution in [0.4, 0.5) is 4.39 Å². The minimum atomic E-state index is -0.217. The van der Waals surface area contributed by atoms with Crippen LogP contribution in [-0.2, 0) is 13.2 Å². The SMILES string of the molecule is Fc1ccccc1COc1ccccc1CNC1CN2CCC1CC2. The Bertz CT molecular complexity index is 713. The summed E-state index contributed by atoms with van der Waals surface area (Å²) in [5.41, 5.74) is 1.72. The minimum Gasteiger partial charge on any atom is -0.488 e. The fourth-order valence-corrected chi connectivity index (χ4v) is 4.00. The third-order valence-electron chi connectivity index (χ3n) is 5.52. The molecule has 3 aliphatic heterocycles. The highest BCUT2D eigenvalue weighted by Gasteiger charge is 2.33. The summed E-state index contributed by atoms with van der Waals surface area (Å²) in [6.45, 7) is 4.71. The molecule has 1 atom stereocenters. The van der Waals surface area contributed by atoms with Crippen molar-refractivity contribution in [3.63, 3.8) is 0 Å². The predicted octanol–water partition coefficient (Wildman–Crippen LogP) is 3.59. The number of ether oxygens (including phenoxy) is 1. The number of piperidine rings is 3. The second-order valence-electron chi connectivity index (χ2n) is 7.11. The first-order valence-corrected chi connectivity index (χ1v) is 9.19. The summed E-state index contributed by atoms with van der Waals surface area (Å²) in [7, 11) is 0. The van der Waals surface area contributed by atoms with Gasteiger partial charge in [-0.2, -0.15) is 0 Å². The quantitative estimate of drug-likeness (QED) is 0.870. The van der Waals surface area contributed by atoms with Crippen LogP contribution in [0.1, 0.15) is 24.0 Å². The molecule has 0 radical (unpaired) electrons. The Balaban J connectivity index is 1.38. The van der Waals surface area contributed by atoms with Crippen molar-refractivity contribution in [2.45, 2.75) is 32.0 Å². The van der Waals surface area contributed by atoms with E-state index in [0.717, 1.165) is 30.3 Å². The third kappa shape index (κ3) is 3.86. The Labute approximate surface area is 148 Å². The number of nitrogens with zero attached hydrogens (tertiary/aromatic N) is 1. The third-order valence-corrected chi connectivity index (χ3v) is 5.52. The van der Waals surface area contributed by atoms with Crippen molar-refractivity contribution in [2.75, 3.05) is 19.6 Å². The number of hydrogen-bond donors (Lipinski definition) is 1. The van der Waals surface area contributed by atoms with Gasteiger partial charge in [-0.1, -0.05) is 36.4 Å². The molecule has 3 heterocycles. The lowest BCUT2D eigenvalue weighted by Crippen LogP contribution is -2.55. The second-order valence-corrected chi connectivity index (χ2v) is 7.11. The van der Waals surface area contributed by atoms with E-state index in [9.17, 15) is 4.39 Å². The second kappa shape index (κ2) is 7.54. The van der Waals surface area contributed by atoms with Crippen LogP contribution >= 0.6 is 0 Å². The van der Waals surface area contributed by atoms with E-state index in [2.05, 4.69) is 16.3 Å². The zero-order chi connectivity index (χ0) is 17.1. The lowest BCUT2D eigenvalue weighted by molar-refractivity contribution is 0.0718. The van der Waals surface area contributed by atoms with Crippen LogP contribution in [0, 0.1) is 11.7 Å². The van der Waals surface area contributed by atoms with Gasteiger partial charge in [0.15, 0.2) is 0 Å². The van der Waals surface area contributed by atoms with Gasteiger partial charge in [-0.05, 0) is 44.0 Å². The number of benzene rings is 2. The monoisotopic (exact) mass is 340 g/mol. The molecule has 2 aromatic rings. The van der Waals surface area contributed by atoms with Crippen molar-refractivity contribution >= 4 is 0 Å². The number of hydrogen-bond acceptors (Lipinski definition) is 3. The Morgan fingerprint density at radius 3 is 2.44 bits per heavy atom. The maximum Gasteiger partial charge on any atom is 0.129 e. The number of nitrogens with one attached hydrogen (secondary N) is 1. The molecule has 3 nitrogen and oxygen atoms in total. The Morgan fingerprint density at radius 2 is 1.72 bits per heavy atom. The summed E-state index contributed by atoms with van der Waals surface area (Å²) in [6, 6.07) is 15.4. The lowest BCUT2D eigenvalue weighted by atomic mass is 9.84. The number of para-hydroxylation sites is 1. The largest absolute Gasteiger partial charge is 0.488 e. The normalized spacial score (nSPS) is 25.1. The summed E-state index contributed by atoms with van der Waals surface area (Å²) < 4.78 is 19.7. The van der Waals surface area contributed by atoms with E-state index < -0.39 is 0 Å². The minimum absolute atomic E-state index is 0.217. The molecule has 5 rings (SSSR count). The molecule has 2 aromatic carbocycles. The van der Waals surface area contributed by atoms with Crippen molar-refractivity contribution in [2.24, 2.45) is 5.92 Å². The van der Waals surface area contributed by atoms with E-state index in [1.54, 1.807) is 12.1 Å². The van der Waals surface area contributed by atoms with E-state index >= 15 is 0 Å². The average molecular weight is 340 g/mol. The fourth-order valence-electron chi connectivity index (χ4n) is 4.00. The van der Waals surface area contributed by atoms with Gasteiger partial charge in [-0.25, -0.2) is 4.39 Å². The van der Waals surface area contributed by atoms with Gasteiger partial charge in [0.25, 0.3) is 0 Å². The number of rotatable bonds is 6. The molecule has 3 saturated heterocycles. The molecule has 2 bridgehead atoms. The maximum atomic E-state index is 13.8. The van der Waals surface area contributed by atoms with Crippen LogP contribution in [0.2, 0.25) is 0 Å². The van der Waals surface area contributed by atoms with Crippen molar-refractivity contribution in [1.29, 1.82) is 0 Å². The van der Waals surface area contributed by atoms with Crippen molar-refractivity contribution < 1.29 is 9.13 Å². The van der Waals surface area contributed by atoms with Crippen LogP contribution in [0.25, 0.3) is 0 Å². The highest BCUT2D eigenvalue weighted by Crippen LogP contribution is 2.28. The first-order chi connectivity index (χ1) is 12.3. The average Bonchev–Trinajstić information content (AvgIpc) is 2.67. The molecule has 25 heavy (non-hydrogen) atoms.